The van der Waals surface area contributed by atoms with Crippen LogP contribution >= 0.6 is 42.5 Å². The minimum absolute atomic E-state index is 0.0843. The Kier molecular flexibility index (Phi) is 3.43. The highest BCUT2D eigenvalue weighted by Gasteiger charge is 2.16. The lowest BCUT2D eigenvalue weighted by Gasteiger charge is -2.04. The van der Waals surface area contributed by atoms with Gasteiger partial charge in [0.05, 0.1) is 9.37 Å². The number of benzene rings is 1. The zero-order valence-electron chi connectivity index (χ0n) is 6.51. The number of rotatable bonds is 1. The van der Waals surface area contributed by atoms with Crippen LogP contribution in [0.3, 0.4) is 0 Å². The molecule has 6 heteroatoms. The molecule has 0 aromatic heterocycles. The lowest BCUT2D eigenvalue weighted by molar-refractivity contribution is 0.609. The van der Waals surface area contributed by atoms with E-state index in [4.69, 9.17) is 10.7 Å². The van der Waals surface area contributed by atoms with Crippen LogP contribution in [0, 0.1) is 6.92 Å². The summed E-state index contributed by atoms with van der Waals surface area (Å²) in [5.41, 5.74) is 0.828. The fourth-order valence-corrected chi connectivity index (χ4v) is 3.74. The van der Waals surface area contributed by atoms with E-state index in [-0.39, 0.29) is 4.90 Å². The maximum Gasteiger partial charge on any atom is 0.262 e. The van der Waals surface area contributed by atoms with Crippen molar-refractivity contribution in [3.63, 3.8) is 0 Å². The van der Waals surface area contributed by atoms with Gasteiger partial charge in [0.2, 0.25) is 0 Å². The number of hydrogen-bond acceptors (Lipinski definition) is 2. The van der Waals surface area contributed by atoms with Gasteiger partial charge in [-0.25, -0.2) is 8.42 Å². The van der Waals surface area contributed by atoms with E-state index in [1.807, 2.05) is 0 Å². The van der Waals surface area contributed by atoms with Crippen LogP contribution in [-0.2, 0) is 9.05 Å². The fourth-order valence-electron chi connectivity index (χ4n) is 0.870. The maximum absolute atomic E-state index is 11.1. The van der Waals surface area contributed by atoms with Crippen LogP contribution in [0.5, 0.6) is 0 Å². The Balaban J connectivity index is 3.56. The summed E-state index contributed by atoms with van der Waals surface area (Å²) in [5, 5.41) is 0. The van der Waals surface area contributed by atoms with E-state index in [0.717, 1.165) is 5.56 Å². The molecule has 1 aromatic rings. The minimum atomic E-state index is -3.68. The van der Waals surface area contributed by atoms with Crippen molar-refractivity contribution in [3.05, 3.63) is 26.6 Å². The van der Waals surface area contributed by atoms with E-state index < -0.39 is 9.05 Å². The molecule has 0 heterocycles. The predicted molar refractivity (Wildman–Crippen MR) is 59.6 cm³/mol. The van der Waals surface area contributed by atoms with Crippen LogP contribution in [0.25, 0.3) is 0 Å². The smallest absolute Gasteiger partial charge is 0.207 e. The second-order valence-electron chi connectivity index (χ2n) is 2.50. The first kappa shape index (κ1) is 11.5. The second-order valence-corrected chi connectivity index (χ2v) is 6.68. The van der Waals surface area contributed by atoms with Gasteiger partial charge in [-0.2, -0.15) is 0 Å². The van der Waals surface area contributed by atoms with Crippen LogP contribution in [0.15, 0.2) is 26.0 Å². The molecule has 0 aliphatic heterocycles. The first-order valence-corrected chi connectivity index (χ1v) is 7.12. The largest absolute Gasteiger partial charge is 0.262 e. The third kappa shape index (κ3) is 2.68. The fraction of sp³-hybridized carbons (Fsp3) is 0.143. The molecule has 0 saturated carbocycles. The predicted octanol–water partition coefficient (Wildman–Crippen LogP) is 3.45. The molecule has 0 aliphatic carbocycles. The third-order valence-electron chi connectivity index (χ3n) is 1.40. The monoisotopic (exact) mass is 346 g/mol. The first-order chi connectivity index (χ1) is 5.82. The average molecular weight is 348 g/mol. The summed E-state index contributed by atoms with van der Waals surface area (Å²) in [6.45, 7) is 1.79. The molecular formula is C7H5Br2ClO2S. The van der Waals surface area contributed by atoms with Crippen molar-refractivity contribution >= 4 is 51.6 Å². The molecule has 0 amide bonds. The molecular weight excluding hydrogens is 343 g/mol. The lowest BCUT2D eigenvalue weighted by Crippen LogP contribution is -1.93. The van der Waals surface area contributed by atoms with Gasteiger partial charge in [0.25, 0.3) is 9.05 Å². The molecule has 1 aromatic carbocycles. The van der Waals surface area contributed by atoms with E-state index in [1.54, 1.807) is 13.0 Å². The molecule has 0 atom stereocenters. The third-order valence-corrected chi connectivity index (χ3v) is 5.02. The molecule has 0 N–H and O–H groups in total. The Morgan fingerprint density at radius 3 is 2.31 bits per heavy atom. The summed E-state index contributed by atoms with van der Waals surface area (Å²) in [6.07, 6.45) is 0. The Hall–Kier alpha value is 0.420. The SMILES string of the molecule is Cc1cc(Br)c(Br)c(S(=O)(=O)Cl)c1. The molecule has 0 spiro atoms. The van der Waals surface area contributed by atoms with Crippen LogP contribution in [0.4, 0.5) is 0 Å². The molecule has 0 unspecified atom stereocenters. The van der Waals surface area contributed by atoms with E-state index >= 15 is 0 Å². The summed E-state index contributed by atoms with van der Waals surface area (Å²) >= 11 is 6.36. The van der Waals surface area contributed by atoms with Crippen LogP contribution in [0.2, 0.25) is 0 Å². The summed E-state index contributed by atoms with van der Waals surface area (Å²) in [6, 6.07) is 3.31. The van der Waals surface area contributed by atoms with Crippen molar-refractivity contribution in [2.75, 3.05) is 0 Å². The van der Waals surface area contributed by atoms with E-state index in [2.05, 4.69) is 31.9 Å². The van der Waals surface area contributed by atoms with Crippen LogP contribution in [0.1, 0.15) is 5.56 Å². The van der Waals surface area contributed by atoms with Gasteiger partial charge >= 0.3 is 0 Å². The second kappa shape index (κ2) is 3.88. The average Bonchev–Trinajstić information content (AvgIpc) is 1.94. The molecule has 0 aliphatic rings. The Labute approximate surface area is 98.0 Å². The molecule has 1 rings (SSSR count). The summed E-state index contributed by atoms with van der Waals surface area (Å²) < 4.78 is 23.3. The number of aryl methyl sites for hydroxylation is 1. The van der Waals surface area contributed by atoms with Crippen molar-refractivity contribution in [2.24, 2.45) is 0 Å². The highest BCUT2D eigenvalue weighted by molar-refractivity contribution is 9.13. The van der Waals surface area contributed by atoms with E-state index in [0.29, 0.717) is 8.95 Å². The van der Waals surface area contributed by atoms with Crippen LogP contribution in [-0.4, -0.2) is 8.42 Å². The molecule has 0 bridgehead atoms. The zero-order valence-corrected chi connectivity index (χ0v) is 11.3. The highest BCUT2D eigenvalue weighted by atomic mass is 79.9. The summed E-state index contributed by atoms with van der Waals surface area (Å²) in [4.78, 5) is 0.0843. The Morgan fingerprint density at radius 1 is 1.31 bits per heavy atom. The molecule has 0 fully saturated rings. The van der Waals surface area contributed by atoms with Crippen LogP contribution < -0.4 is 0 Å². The van der Waals surface area contributed by atoms with Gasteiger partial charge < -0.3 is 0 Å². The number of hydrogen-bond donors (Lipinski definition) is 0. The number of halogens is 3. The molecule has 2 nitrogen and oxygen atoms in total. The molecule has 72 valence electrons. The van der Waals surface area contributed by atoms with Gasteiger partial charge in [-0.3, -0.25) is 0 Å². The van der Waals surface area contributed by atoms with E-state index in [1.165, 1.54) is 6.07 Å². The van der Waals surface area contributed by atoms with E-state index in [9.17, 15) is 8.42 Å². The Bertz CT molecular complexity index is 442. The standard InChI is InChI=1S/C7H5Br2ClO2S/c1-4-2-5(8)7(9)6(3-4)13(10,11)12/h2-3H,1H3. The molecule has 13 heavy (non-hydrogen) atoms. The van der Waals surface area contributed by atoms with Crippen molar-refractivity contribution in [2.45, 2.75) is 11.8 Å². The highest BCUT2D eigenvalue weighted by Crippen LogP contribution is 2.32. The quantitative estimate of drug-likeness (QED) is 0.729. The van der Waals surface area contributed by atoms with Gasteiger partial charge in [-0.05, 0) is 56.5 Å². The first-order valence-electron chi connectivity index (χ1n) is 3.22. The minimum Gasteiger partial charge on any atom is -0.207 e. The molecule has 0 saturated heterocycles. The van der Waals surface area contributed by atoms with Gasteiger partial charge in [0, 0.05) is 15.2 Å². The zero-order chi connectivity index (χ0) is 10.2. The van der Waals surface area contributed by atoms with Crippen molar-refractivity contribution in [3.8, 4) is 0 Å². The lowest BCUT2D eigenvalue weighted by atomic mass is 10.2. The van der Waals surface area contributed by atoms with Crippen molar-refractivity contribution in [1.82, 2.24) is 0 Å². The van der Waals surface area contributed by atoms with Gasteiger partial charge in [-0.1, -0.05) is 0 Å². The van der Waals surface area contributed by atoms with Crippen molar-refractivity contribution in [1.29, 1.82) is 0 Å². The van der Waals surface area contributed by atoms with Gasteiger partial charge in [0.1, 0.15) is 0 Å². The van der Waals surface area contributed by atoms with Crippen molar-refractivity contribution < 1.29 is 8.42 Å². The molecule has 0 radical (unpaired) electrons. The van der Waals surface area contributed by atoms with Gasteiger partial charge in [0.15, 0.2) is 0 Å². The normalized spacial score (nSPS) is 11.7. The maximum atomic E-state index is 11.1. The summed E-state index contributed by atoms with van der Waals surface area (Å²) in [7, 11) is 1.55. The summed E-state index contributed by atoms with van der Waals surface area (Å²) in [5.74, 6) is 0. The van der Waals surface area contributed by atoms with Gasteiger partial charge in [-0.15, -0.1) is 0 Å². The topological polar surface area (TPSA) is 34.1 Å². The Morgan fingerprint density at radius 2 is 1.85 bits per heavy atom.